The smallest absolute Gasteiger partial charge is 0.257 e. The maximum Gasteiger partial charge on any atom is 0.257 e. The topological polar surface area (TPSA) is 80.7 Å². The molecule has 0 radical (unpaired) electrons. The summed E-state index contributed by atoms with van der Waals surface area (Å²) in [5, 5.41) is 0. The highest BCUT2D eigenvalue weighted by Gasteiger charge is 2.29. The molecule has 8 nitrogen and oxygen atoms in total. The highest BCUT2D eigenvalue weighted by molar-refractivity contribution is 5.97. The Kier molecular flexibility index (Phi) is 6.72. The van der Waals surface area contributed by atoms with Crippen LogP contribution in [0.25, 0.3) is 11.4 Å². The molecule has 1 aliphatic rings. The van der Waals surface area contributed by atoms with Gasteiger partial charge in [-0.15, -0.1) is 0 Å². The van der Waals surface area contributed by atoms with Crippen LogP contribution in [0, 0.1) is 0 Å². The molecule has 0 saturated carbocycles. The first-order valence-corrected chi connectivity index (χ1v) is 11.0. The molecule has 0 N–H and O–H groups in total. The predicted octanol–water partition coefficient (Wildman–Crippen LogP) is 3.64. The van der Waals surface area contributed by atoms with Crippen LogP contribution in [0.1, 0.15) is 34.8 Å². The SMILES string of the molecule is COc1ccc(OC)c(C(=O)N2CCC[C@@H](c3cc(N(C)C)nc(-c4cccnc4)n3)C2)c1. The molecule has 2 aromatic heterocycles. The number of pyridine rings is 1. The van der Waals surface area contributed by atoms with Gasteiger partial charge in [0.2, 0.25) is 0 Å². The molecule has 1 fully saturated rings. The van der Waals surface area contributed by atoms with Crippen LogP contribution >= 0.6 is 0 Å². The highest BCUT2D eigenvalue weighted by atomic mass is 16.5. The number of likely N-dealkylation sites (tertiary alicyclic amines) is 1. The number of nitrogens with zero attached hydrogens (tertiary/aromatic N) is 5. The van der Waals surface area contributed by atoms with Gasteiger partial charge in [0.05, 0.1) is 25.5 Å². The summed E-state index contributed by atoms with van der Waals surface area (Å²) in [6.45, 7) is 1.27. The molecule has 3 aromatic rings. The molecule has 1 atom stereocenters. The third-order valence-corrected chi connectivity index (χ3v) is 5.87. The number of methoxy groups -OCH3 is 2. The standard InChI is InChI=1S/C25H29N5O3/c1-29(2)23-14-21(27-24(28-23)17-7-5-11-26-15-17)18-8-6-12-30(16-18)25(31)20-13-19(32-3)9-10-22(20)33-4/h5,7,9-11,13-15,18H,6,8,12,16H2,1-4H3/t18-/m1/s1. The van der Waals surface area contributed by atoms with E-state index in [-0.39, 0.29) is 11.8 Å². The summed E-state index contributed by atoms with van der Waals surface area (Å²) >= 11 is 0. The van der Waals surface area contributed by atoms with Gasteiger partial charge in [-0.1, -0.05) is 0 Å². The van der Waals surface area contributed by atoms with E-state index in [4.69, 9.17) is 19.4 Å². The summed E-state index contributed by atoms with van der Waals surface area (Å²) in [5.41, 5.74) is 2.31. The van der Waals surface area contributed by atoms with Crippen LogP contribution in [0.4, 0.5) is 5.82 Å². The minimum Gasteiger partial charge on any atom is -0.497 e. The lowest BCUT2D eigenvalue weighted by Gasteiger charge is -2.33. The van der Waals surface area contributed by atoms with Gasteiger partial charge >= 0.3 is 0 Å². The molecule has 1 amide bonds. The molecular formula is C25H29N5O3. The summed E-state index contributed by atoms with van der Waals surface area (Å²) in [5.74, 6) is 2.68. The van der Waals surface area contributed by atoms with Crippen molar-refractivity contribution in [3.63, 3.8) is 0 Å². The second-order valence-electron chi connectivity index (χ2n) is 8.27. The molecule has 33 heavy (non-hydrogen) atoms. The Labute approximate surface area is 194 Å². The van der Waals surface area contributed by atoms with E-state index in [9.17, 15) is 4.79 Å². The van der Waals surface area contributed by atoms with E-state index in [0.717, 1.165) is 29.9 Å². The van der Waals surface area contributed by atoms with E-state index in [1.54, 1.807) is 44.8 Å². The van der Waals surface area contributed by atoms with Gasteiger partial charge in [0.15, 0.2) is 5.82 Å². The number of anilines is 1. The van der Waals surface area contributed by atoms with Crippen LogP contribution in [0.2, 0.25) is 0 Å². The van der Waals surface area contributed by atoms with Crippen LogP contribution in [-0.2, 0) is 0 Å². The fourth-order valence-electron chi connectivity index (χ4n) is 4.07. The highest BCUT2D eigenvalue weighted by Crippen LogP contribution is 2.32. The predicted molar refractivity (Wildman–Crippen MR) is 127 cm³/mol. The minimum atomic E-state index is -0.0650. The lowest BCUT2D eigenvalue weighted by atomic mass is 9.93. The summed E-state index contributed by atoms with van der Waals surface area (Å²) in [6, 6.07) is 11.1. The van der Waals surface area contributed by atoms with Gasteiger partial charge in [-0.2, -0.15) is 0 Å². The van der Waals surface area contributed by atoms with Gasteiger partial charge in [-0.3, -0.25) is 9.78 Å². The lowest BCUT2D eigenvalue weighted by Crippen LogP contribution is -2.39. The number of piperidine rings is 1. The van der Waals surface area contributed by atoms with Crippen molar-refractivity contribution in [2.24, 2.45) is 0 Å². The average molecular weight is 448 g/mol. The number of aromatic nitrogens is 3. The first kappa shape index (κ1) is 22.5. The number of ether oxygens (including phenoxy) is 2. The van der Waals surface area contributed by atoms with Crippen LogP contribution in [0.15, 0.2) is 48.8 Å². The molecule has 0 bridgehead atoms. The maximum atomic E-state index is 13.4. The molecule has 1 saturated heterocycles. The number of hydrogen-bond acceptors (Lipinski definition) is 7. The van der Waals surface area contributed by atoms with Gasteiger partial charge in [-0.05, 0) is 43.2 Å². The monoisotopic (exact) mass is 447 g/mol. The Balaban J connectivity index is 1.64. The van der Waals surface area contributed by atoms with Crippen molar-refractivity contribution in [1.82, 2.24) is 19.9 Å². The minimum absolute atomic E-state index is 0.0650. The van der Waals surface area contributed by atoms with E-state index in [1.807, 2.05) is 42.1 Å². The zero-order valence-corrected chi connectivity index (χ0v) is 19.5. The third kappa shape index (κ3) is 4.89. The third-order valence-electron chi connectivity index (χ3n) is 5.87. The van der Waals surface area contributed by atoms with E-state index in [0.29, 0.717) is 36.0 Å². The van der Waals surface area contributed by atoms with Crippen molar-refractivity contribution in [3.8, 4) is 22.9 Å². The van der Waals surface area contributed by atoms with Gasteiger partial charge in [0, 0.05) is 57.1 Å². The number of rotatable bonds is 6. The second kappa shape index (κ2) is 9.85. The van der Waals surface area contributed by atoms with Crippen molar-refractivity contribution in [3.05, 3.63) is 60.0 Å². The zero-order valence-electron chi connectivity index (χ0n) is 19.5. The van der Waals surface area contributed by atoms with Gasteiger partial charge in [0.1, 0.15) is 17.3 Å². The van der Waals surface area contributed by atoms with Crippen molar-refractivity contribution >= 4 is 11.7 Å². The van der Waals surface area contributed by atoms with E-state index >= 15 is 0 Å². The van der Waals surface area contributed by atoms with Gasteiger partial charge < -0.3 is 19.3 Å². The molecule has 4 rings (SSSR count). The molecule has 1 aromatic carbocycles. The zero-order chi connectivity index (χ0) is 23.4. The Morgan fingerprint density at radius 2 is 1.97 bits per heavy atom. The number of benzene rings is 1. The fourth-order valence-corrected chi connectivity index (χ4v) is 4.07. The number of hydrogen-bond donors (Lipinski definition) is 0. The largest absolute Gasteiger partial charge is 0.497 e. The molecule has 1 aliphatic heterocycles. The van der Waals surface area contributed by atoms with E-state index < -0.39 is 0 Å². The molecule has 0 unspecified atom stereocenters. The molecule has 0 spiro atoms. The summed E-state index contributed by atoms with van der Waals surface area (Å²) < 4.78 is 10.8. The van der Waals surface area contributed by atoms with Crippen LogP contribution in [0.3, 0.4) is 0 Å². The second-order valence-corrected chi connectivity index (χ2v) is 8.27. The summed E-state index contributed by atoms with van der Waals surface area (Å²) in [6.07, 6.45) is 5.35. The molecule has 3 heterocycles. The van der Waals surface area contributed by atoms with Crippen LogP contribution in [0.5, 0.6) is 11.5 Å². The van der Waals surface area contributed by atoms with Crippen molar-refractivity contribution in [1.29, 1.82) is 0 Å². The summed E-state index contributed by atoms with van der Waals surface area (Å²) in [7, 11) is 7.08. The van der Waals surface area contributed by atoms with Crippen molar-refractivity contribution in [2.75, 3.05) is 46.3 Å². The van der Waals surface area contributed by atoms with Crippen LogP contribution < -0.4 is 14.4 Å². The normalized spacial score (nSPS) is 15.8. The van der Waals surface area contributed by atoms with E-state index in [1.165, 1.54) is 0 Å². The fraction of sp³-hybridized carbons (Fsp3) is 0.360. The number of carbonyl (C=O) groups is 1. The first-order valence-electron chi connectivity index (χ1n) is 11.0. The maximum absolute atomic E-state index is 13.4. The number of amides is 1. The Morgan fingerprint density at radius 1 is 1.12 bits per heavy atom. The quantitative estimate of drug-likeness (QED) is 0.571. The van der Waals surface area contributed by atoms with Gasteiger partial charge in [0.25, 0.3) is 5.91 Å². The number of carbonyl (C=O) groups excluding carboxylic acids is 1. The lowest BCUT2D eigenvalue weighted by molar-refractivity contribution is 0.0702. The molecular weight excluding hydrogens is 418 g/mol. The van der Waals surface area contributed by atoms with Crippen molar-refractivity contribution < 1.29 is 14.3 Å². The molecule has 8 heteroatoms. The molecule has 172 valence electrons. The molecule has 0 aliphatic carbocycles. The van der Waals surface area contributed by atoms with Crippen LogP contribution in [-0.4, -0.2) is 67.2 Å². The Hall–Kier alpha value is -3.68. The Bertz CT molecular complexity index is 1120. The van der Waals surface area contributed by atoms with E-state index in [2.05, 4.69) is 4.98 Å². The first-order chi connectivity index (χ1) is 16.0. The summed E-state index contributed by atoms with van der Waals surface area (Å²) in [4.78, 5) is 31.1. The van der Waals surface area contributed by atoms with Crippen molar-refractivity contribution in [2.45, 2.75) is 18.8 Å². The van der Waals surface area contributed by atoms with Gasteiger partial charge in [-0.25, -0.2) is 9.97 Å². The average Bonchev–Trinajstić information content (AvgIpc) is 2.88. The Morgan fingerprint density at radius 3 is 2.67 bits per heavy atom.